The lowest BCUT2D eigenvalue weighted by atomic mass is 9.93. The van der Waals surface area contributed by atoms with Crippen LogP contribution in [0.25, 0.3) is 10.9 Å². The Morgan fingerprint density at radius 1 is 1.33 bits per heavy atom. The maximum Gasteiger partial charge on any atom is 0.143 e. The molecule has 0 aliphatic rings. The highest BCUT2D eigenvalue weighted by Gasteiger charge is 2.20. The van der Waals surface area contributed by atoms with E-state index in [0.717, 1.165) is 16.5 Å². The molecule has 0 saturated carbocycles. The van der Waals surface area contributed by atoms with Gasteiger partial charge in [-0.2, -0.15) is 0 Å². The van der Waals surface area contributed by atoms with Crippen molar-refractivity contribution in [3.8, 4) is 0 Å². The van der Waals surface area contributed by atoms with Gasteiger partial charge in [-0.1, -0.05) is 12.1 Å². The SMILES string of the molecule is CC(=O)CNC(C)(C)c1ccc2ncccc2c1. The third-order valence-corrected chi connectivity index (χ3v) is 3.10. The number of carbonyl (C=O) groups is 1. The molecule has 0 saturated heterocycles. The zero-order valence-corrected chi connectivity index (χ0v) is 11.0. The molecule has 18 heavy (non-hydrogen) atoms. The van der Waals surface area contributed by atoms with Gasteiger partial charge in [-0.15, -0.1) is 0 Å². The zero-order chi connectivity index (χ0) is 13.2. The van der Waals surface area contributed by atoms with Gasteiger partial charge in [-0.3, -0.25) is 9.78 Å². The van der Waals surface area contributed by atoms with Crippen molar-refractivity contribution in [2.75, 3.05) is 6.54 Å². The van der Waals surface area contributed by atoms with Gasteiger partial charge in [0.2, 0.25) is 0 Å². The molecule has 0 fully saturated rings. The first kappa shape index (κ1) is 12.7. The number of Topliss-reactive ketones (excluding diaryl/α,β-unsaturated/α-hetero) is 1. The van der Waals surface area contributed by atoms with Crippen molar-refractivity contribution in [1.82, 2.24) is 10.3 Å². The summed E-state index contributed by atoms with van der Waals surface area (Å²) in [6.07, 6.45) is 1.79. The van der Waals surface area contributed by atoms with Crippen LogP contribution in [0.4, 0.5) is 0 Å². The first-order chi connectivity index (χ1) is 8.49. The predicted octanol–water partition coefficient (Wildman–Crippen LogP) is 2.65. The molecule has 3 nitrogen and oxygen atoms in total. The van der Waals surface area contributed by atoms with Crippen LogP contribution in [0.15, 0.2) is 36.5 Å². The van der Waals surface area contributed by atoms with Crippen LogP contribution in [0.5, 0.6) is 0 Å². The van der Waals surface area contributed by atoms with Crippen LogP contribution < -0.4 is 5.32 Å². The summed E-state index contributed by atoms with van der Waals surface area (Å²) >= 11 is 0. The summed E-state index contributed by atoms with van der Waals surface area (Å²) in [7, 11) is 0. The summed E-state index contributed by atoms with van der Waals surface area (Å²) in [6.45, 7) is 6.13. The van der Waals surface area contributed by atoms with Crippen molar-refractivity contribution in [2.45, 2.75) is 26.3 Å². The van der Waals surface area contributed by atoms with E-state index in [1.165, 1.54) is 0 Å². The van der Waals surface area contributed by atoms with E-state index < -0.39 is 0 Å². The number of carbonyl (C=O) groups excluding carboxylic acids is 1. The van der Waals surface area contributed by atoms with Crippen molar-refractivity contribution in [3.63, 3.8) is 0 Å². The molecule has 0 aliphatic heterocycles. The molecule has 0 aliphatic carbocycles. The molecule has 0 radical (unpaired) electrons. The molecular weight excluding hydrogens is 224 g/mol. The van der Waals surface area contributed by atoms with Crippen molar-refractivity contribution < 1.29 is 4.79 Å². The molecule has 1 heterocycles. The second-order valence-electron chi connectivity index (χ2n) is 5.09. The summed E-state index contributed by atoms with van der Waals surface area (Å²) in [5.41, 5.74) is 1.92. The van der Waals surface area contributed by atoms with Gasteiger partial charge in [0.25, 0.3) is 0 Å². The number of aromatic nitrogens is 1. The van der Waals surface area contributed by atoms with E-state index in [1.54, 1.807) is 13.1 Å². The van der Waals surface area contributed by atoms with Crippen LogP contribution in [0, 0.1) is 0 Å². The van der Waals surface area contributed by atoms with E-state index in [1.807, 2.05) is 18.2 Å². The van der Waals surface area contributed by atoms with Gasteiger partial charge in [-0.25, -0.2) is 0 Å². The lowest BCUT2D eigenvalue weighted by Crippen LogP contribution is -2.39. The van der Waals surface area contributed by atoms with Crippen molar-refractivity contribution >= 4 is 16.7 Å². The molecule has 0 amide bonds. The van der Waals surface area contributed by atoms with E-state index in [0.29, 0.717) is 6.54 Å². The molecule has 0 bridgehead atoms. The maximum absolute atomic E-state index is 11.1. The standard InChI is InChI=1S/C15H18N2O/c1-11(18)10-17-15(2,3)13-6-7-14-12(9-13)5-4-8-16-14/h4-9,17H,10H2,1-3H3. The number of benzene rings is 1. The largest absolute Gasteiger partial charge is 0.301 e. The third kappa shape index (κ3) is 2.74. The van der Waals surface area contributed by atoms with Crippen LogP contribution in [0.2, 0.25) is 0 Å². The average Bonchev–Trinajstić information content (AvgIpc) is 2.36. The first-order valence-electron chi connectivity index (χ1n) is 6.09. The molecule has 1 aromatic carbocycles. The molecule has 2 rings (SSSR count). The van der Waals surface area contributed by atoms with Crippen LogP contribution in [-0.4, -0.2) is 17.3 Å². The number of pyridine rings is 1. The van der Waals surface area contributed by atoms with Crippen LogP contribution in [0.1, 0.15) is 26.3 Å². The number of hydrogen-bond donors (Lipinski definition) is 1. The van der Waals surface area contributed by atoms with E-state index in [2.05, 4.69) is 36.3 Å². The first-order valence-corrected chi connectivity index (χ1v) is 6.09. The Kier molecular flexibility index (Phi) is 3.43. The summed E-state index contributed by atoms with van der Waals surface area (Å²) in [4.78, 5) is 15.4. The predicted molar refractivity (Wildman–Crippen MR) is 73.5 cm³/mol. The van der Waals surface area contributed by atoms with Gasteiger partial charge in [-0.05, 0) is 44.5 Å². The number of nitrogens with one attached hydrogen (secondary N) is 1. The summed E-state index contributed by atoms with van der Waals surface area (Å²) in [5, 5.41) is 4.39. The summed E-state index contributed by atoms with van der Waals surface area (Å²) in [5.74, 6) is 0.144. The monoisotopic (exact) mass is 242 g/mol. The number of nitrogens with zero attached hydrogens (tertiary/aromatic N) is 1. The topological polar surface area (TPSA) is 42.0 Å². The van der Waals surface area contributed by atoms with Crippen molar-refractivity contribution in [2.24, 2.45) is 0 Å². The highest BCUT2D eigenvalue weighted by molar-refractivity contribution is 5.79. The average molecular weight is 242 g/mol. The Bertz CT molecular complexity index is 575. The van der Waals surface area contributed by atoms with Crippen molar-refractivity contribution in [3.05, 3.63) is 42.1 Å². The smallest absolute Gasteiger partial charge is 0.143 e. The quantitative estimate of drug-likeness (QED) is 0.896. The minimum Gasteiger partial charge on any atom is -0.301 e. The Morgan fingerprint density at radius 3 is 2.83 bits per heavy atom. The minimum absolute atomic E-state index is 0.144. The Labute approximate surface area is 107 Å². The normalized spacial score (nSPS) is 11.7. The number of fused-ring (bicyclic) bond motifs is 1. The molecule has 3 heteroatoms. The van der Waals surface area contributed by atoms with Crippen LogP contribution in [0.3, 0.4) is 0 Å². The Hall–Kier alpha value is -1.74. The highest BCUT2D eigenvalue weighted by Crippen LogP contribution is 2.23. The fraction of sp³-hybridized carbons (Fsp3) is 0.333. The fourth-order valence-electron chi connectivity index (χ4n) is 1.91. The molecule has 1 aromatic heterocycles. The maximum atomic E-state index is 11.1. The lowest BCUT2D eigenvalue weighted by Gasteiger charge is -2.26. The van der Waals surface area contributed by atoms with E-state index >= 15 is 0 Å². The van der Waals surface area contributed by atoms with Crippen LogP contribution in [-0.2, 0) is 10.3 Å². The van der Waals surface area contributed by atoms with Gasteiger partial charge < -0.3 is 5.32 Å². The van der Waals surface area contributed by atoms with Gasteiger partial charge >= 0.3 is 0 Å². The number of rotatable bonds is 4. The van der Waals surface area contributed by atoms with Gasteiger partial charge in [0.1, 0.15) is 5.78 Å². The highest BCUT2D eigenvalue weighted by atomic mass is 16.1. The van der Waals surface area contributed by atoms with E-state index in [4.69, 9.17) is 0 Å². The second kappa shape index (κ2) is 4.86. The molecular formula is C15H18N2O. The van der Waals surface area contributed by atoms with Crippen LogP contribution >= 0.6 is 0 Å². The molecule has 94 valence electrons. The van der Waals surface area contributed by atoms with E-state index in [-0.39, 0.29) is 11.3 Å². The fourth-order valence-corrected chi connectivity index (χ4v) is 1.91. The van der Waals surface area contributed by atoms with E-state index in [9.17, 15) is 4.79 Å². The second-order valence-corrected chi connectivity index (χ2v) is 5.09. The van der Waals surface area contributed by atoms with Gasteiger partial charge in [0, 0.05) is 17.1 Å². The number of hydrogen-bond acceptors (Lipinski definition) is 3. The molecule has 0 unspecified atom stereocenters. The molecule has 0 spiro atoms. The number of ketones is 1. The Balaban J connectivity index is 2.32. The van der Waals surface area contributed by atoms with Gasteiger partial charge in [0.15, 0.2) is 0 Å². The molecule has 0 atom stereocenters. The minimum atomic E-state index is -0.226. The Morgan fingerprint density at radius 2 is 2.11 bits per heavy atom. The lowest BCUT2D eigenvalue weighted by molar-refractivity contribution is -0.116. The molecule has 2 aromatic rings. The summed E-state index contributed by atoms with van der Waals surface area (Å²) in [6, 6.07) is 10.2. The van der Waals surface area contributed by atoms with Gasteiger partial charge in [0.05, 0.1) is 12.1 Å². The molecule has 1 N–H and O–H groups in total. The summed E-state index contributed by atoms with van der Waals surface area (Å²) < 4.78 is 0. The third-order valence-electron chi connectivity index (χ3n) is 3.10. The van der Waals surface area contributed by atoms with Crippen molar-refractivity contribution in [1.29, 1.82) is 0 Å². The zero-order valence-electron chi connectivity index (χ0n) is 11.0.